The molecule has 0 aromatic heterocycles. The van der Waals surface area contributed by atoms with Crippen LogP contribution in [0.3, 0.4) is 0 Å². The fourth-order valence-electron chi connectivity index (χ4n) is 3.53. The maximum absolute atomic E-state index is 13.3. The number of hydrogen-bond donors (Lipinski definition) is 1. The summed E-state index contributed by atoms with van der Waals surface area (Å²) in [4.78, 5) is 27.7. The fraction of sp³-hybridized carbons (Fsp3) is 0.286. The molecule has 6 nitrogen and oxygen atoms in total. The molecule has 1 atom stereocenters. The van der Waals surface area contributed by atoms with Gasteiger partial charge in [0.2, 0.25) is 11.8 Å². The van der Waals surface area contributed by atoms with Crippen molar-refractivity contribution < 1.29 is 22.8 Å². The summed E-state index contributed by atoms with van der Waals surface area (Å²) in [6, 6.07) is 10.7. The van der Waals surface area contributed by atoms with E-state index in [4.69, 9.17) is 22.6 Å². The molecule has 1 saturated heterocycles. The van der Waals surface area contributed by atoms with Crippen LogP contribution in [0.25, 0.3) is 0 Å². The van der Waals surface area contributed by atoms with Crippen molar-refractivity contribution in [3.8, 4) is 6.07 Å². The van der Waals surface area contributed by atoms with Crippen molar-refractivity contribution >= 4 is 29.1 Å². The molecule has 162 valence electrons. The molecular formula is C21H18ClF3N4O2. The number of primary amides is 1. The van der Waals surface area contributed by atoms with E-state index in [1.165, 1.54) is 17.0 Å². The van der Waals surface area contributed by atoms with Crippen molar-refractivity contribution in [2.75, 3.05) is 24.5 Å². The average molecular weight is 451 g/mol. The average Bonchev–Trinajstić information content (AvgIpc) is 2.73. The van der Waals surface area contributed by atoms with Crippen molar-refractivity contribution in [2.45, 2.75) is 18.6 Å². The number of benzene rings is 2. The molecule has 1 fully saturated rings. The number of carbonyl (C=O) groups is 2. The zero-order valence-corrected chi connectivity index (χ0v) is 17.0. The van der Waals surface area contributed by atoms with Gasteiger partial charge in [0.1, 0.15) is 6.04 Å². The molecule has 2 N–H and O–H groups in total. The maximum Gasteiger partial charge on any atom is 0.417 e. The Bertz CT molecular complexity index is 1050. The highest BCUT2D eigenvalue weighted by molar-refractivity contribution is 6.31. The third-order valence-electron chi connectivity index (χ3n) is 5.12. The number of anilines is 1. The Labute approximate surface area is 181 Å². The molecule has 1 aliphatic rings. The number of alkyl halides is 3. The van der Waals surface area contributed by atoms with Crippen LogP contribution in [0.1, 0.15) is 16.7 Å². The van der Waals surface area contributed by atoms with Gasteiger partial charge in [-0.1, -0.05) is 29.8 Å². The Hall–Kier alpha value is -3.25. The summed E-state index contributed by atoms with van der Waals surface area (Å²) in [5, 5.41) is 9.37. The monoisotopic (exact) mass is 450 g/mol. The summed E-state index contributed by atoms with van der Waals surface area (Å²) in [7, 11) is 0. The number of nitrogens with zero attached hydrogens (tertiary/aromatic N) is 3. The van der Waals surface area contributed by atoms with Gasteiger partial charge in [-0.05, 0) is 29.8 Å². The summed E-state index contributed by atoms with van der Waals surface area (Å²) in [5.41, 5.74) is 4.74. The van der Waals surface area contributed by atoms with E-state index < -0.39 is 29.3 Å². The second-order valence-electron chi connectivity index (χ2n) is 7.06. The van der Waals surface area contributed by atoms with E-state index in [1.54, 1.807) is 29.2 Å². The van der Waals surface area contributed by atoms with E-state index in [-0.39, 0.29) is 37.6 Å². The third-order valence-corrected chi connectivity index (χ3v) is 5.49. The molecule has 3 rings (SSSR count). The van der Waals surface area contributed by atoms with Crippen LogP contribution in [-0.2, 0) is 22.2 Å². The van der Waals surface area contributed by atoms with Crippen LogP contribution in [0.2, 0.25) is 5.02 Å². The van der Waals surface area contributed by atoms with Gasteiger partial charge in [-0.15, -0.1) is 0 Å². The zero-order valence-electron chi connectivity index (χ0n) is 16.2. The Morgan fingerprint density at radius 1 is 1.19 bits per heavy atom. The number of nitriles is 1. The van der Waals surface area contributed by atoms with Crippen LogP contribution < -0.4 is 10.6 Å². The number of carbonyl (C=O) groups excluding carboxylic acids is 2. The molecular weight excluding hydrogens is 433 g/mol. The van der Waals surface area contributed by atoms with Crippen LogP contribution in [-0.4, -0.2) is 42.4 Å². The van der Waals surface area contributed by atoms with E-state index in [0.717, 1.165) is 12.1 Å². The summed E-state index contributed by atoms with van der Waals surface area (Å²) in [6.07, 6.45) is -4.73. The predicted octanol–water partition coefficient (Wildman–Crippen LogP) is 2.98. The first-order chi connectivity index (χ1) is 14.6. The summed E-state index contributed by atoms with van der Waals surface area (Å²) < 4.78 is 39.9. The topological polar surface area (TPSA) is 90.4 Å². The van der Waals surface area contributed by atoms with Crippen molar-refractivity contribution in [1.29, 1.82) is 5.26 Å². The van der Waals surface area contributed by atoms with Gasteiger partial charge in [-0.3, -0.25) is 9.59 Å². The Balaban J connectivity index is 1.82. The van der Waals surface area contributed by atoms with Gasteiger partial charge in [0.25, 0.3) is 0 Å². The molecule has 10 heteroatoms. The highest BCUT2D eigenvalue weighted by atomic mass is 35.5. The number of halogens is 4. The van der Waals surface area contributed by atoms with Gasteiger partial charge >= 0.3 is 6.18 Å². The Morgan fingerprint density at radius 3 is 2.52 bits per heavy atom. The lowest BCUT2D eigenvalue weighted by Gasteiger charge is -2.41. The molecule has 0 spiro atoms. The van der Waals surface area contributed by atoms with Gasteiger partial charge in [-0.25, -0.2) is 0 Å². The molecule has 0 bridgehead atoms. The first kappa shape index (κ1) is 22.4. The zero-order chi connectivity index (χ0) is 22.8. The molecule has 2 amide bonds. The first-order valence-electron chi connectivity index (χ1n) is 9.30. The quantitative estimate of drug-likeness (QED) is 0.775. The van der Waals surface area contributed by atoms with Crippen LogP contribution in [0.4, 0.5) is 18.9 Å². The molecule has 1 aliphatic heterocycles. The van der Waals surface area contributed by atoms with E-state index in [9.17, 15) is 22.8 Å². The highest BCUT2D eigenvalue weighted by Crippen LogP contribution is 2.35. The van der Waals surface area contributed by atoms with Crippen LogP contribution in [0.5, 0.6) is 0 Å². The van der Waals surface area contributed by atoms with Crippen LogP contribution in [0.15, 0.2) is 42.5 Å². The fourth-order valence-corrected chi connectivity index (χ4v) is 3.73. The number of hydrogen-bond acceptors (Lipinski definition) is 4. The highest BCUT2D eigenvalue weighted by Gasteiger charge is 2.37. The number of rotatable bonds is 4. The largest absolute Gasteiger partial charge is 0.417 e. The second-order valence-corrected chi connectivity index (χ2v) is 7.47. The standard InChI is InChI=1S/C21H18ClF3N4O2/c22-17-4-2-1-3-13(17)9-19(30)29-8-7-28(12-18(29)20(27)31)15-6-5-14(11-26)16(10-15)21(23,24)25/h1-6,10,18H,7-9,12H2,(H2,27,31). The predicted molar refractivity (Wildman–Crippen MR) is 108 cm³/mol. The molecule has 1 unspecified atom stereocenters. The third kappa shape index (κ3) is 4.91. The van der Waals surface area contributed by atoms with Gasteiger partial charge in [0.05, 0.1) is 23.6 Å². The Kier molecular flexibility index (Phi) is 6.41. The number of amides is 2. The van der Waals surface area contributed by atoms with Gasteiger partial charge < -0.3 is 15.5 Å². The minimum Gasteiger partial charge on any atom is -0.368 e. The van der Waals surface area contributed by atoms with Gasteiger partial charge in [0, 0.05) is 30.3 Å². The summed E-state index contributed by atoms with van der Waals surface area (Å²) >= 11 is 6.10. The lowest BCUT2D eigenvalue weighted by Crippen LogP contribution is -2.60. The molecule has 0 radical (unpaired) electrons. The molecule has 0 aliphatic carbocycles. The summed E-state index contributed by atoms with van der Waals surface area (Å²) in [6.45, 7) is 0.228. The van der Waals surface area contributed by atoms with E-state index in [1.807, 2.05) is 0 Å². The van der Waals surface area contributed by atoms with Gasteiger partial charge in [0.15, 0.2) is 0 Å². The minimum absolute atomic E-state index is 0.0292. The lowest BCUT2D eigenvalue weighted by molar-refractivity contribution is -0.139. The summed E-state index contributed by atoms with van der Waals surface area (Å²) in [5.74, 6) is -1.12. The van der Waals surface area contributed by atoms with Crippen molar-refractivity contribution in [2.24, 2.45) is 5.73 Å². The number of piperazine rings is 1. The lowest BCUT2D eigenvalue weighted by atomic mass is 10.0. The normalized spacial score (nSPS) is 16.7. The molecule has 31 heavy (non-hydrogen) atoms. The van der Waals surface area contributed by atoms with Crippen LogP contribution >= 0.6 is 11.6 Å². The molecule has 2 aromatic carbocycles. The minimum atomic E-state index is -4.70. The van der Waals surface area contributed by atoms with E-state index >= 15 is 0 Å². The van der Waals surface area contributed by atoms with E-state index in [0.29, 0.717) is 10.6 Å². The van der Waals surface area contributed by atoms with Crippen molar-refractivity contribution in [3.63, 3.8) is 0 Å². The molecule has 1 heterocycles. The maximum atomic E-state index is 13.3. The van der Waals surface area contributed by atoms with Gasteiger partial charge in [-0.2, -0.15) is 18.4 Å². The Morgan fingerprint density at radius 2 is 1.90 bits per heavy atom. The van der Waals surface area contributed by atoms with Crippen LogP contribution in [0, 0.1) is 11.3 Å². The molecule has 0 saturated carbocycles. The SMILES string of the molecule is N#Cc1ccc(N2CCN(C(=O)Cc3ccccc3Cl)C(C(N)=O)C2)cc1C(F)(F)F. The smallest absolute Gasteiger partial charge is 0.368 e. The number of nitrogens with two attached hydrogens (primary N) is 1. The second kappa shape index (κ2) is 8.86. The van der Waals surface area contributed by atoms with Crippen molar-refractivity contribution in [3.05, 3.63) is 64.2 Å². The van der Waals surface area contributed by atoms with Crippen molar-refractivity contribution in [1.82, 2.24) is 4.90 Å². The molecule has 2 aromatic rings. The first-order valence-corrected chi connectivity index (χ1v) is 9.68. The van der Waals surface area contributed by atoms with E-state index in [2.05, 4.69) is 0 Å².